The first kappa shape index (κ1) is 9.28. The molecule has 2 bridgehead atoms. The van der Waals surface area contributed by atoms with Crippen LogP contribution in [0, 0.1) is 5.41 Å². The van der Waals surface area contributed by atoms with Crippen LogP contribution in [-0.2, 0) is 5.41 Å². The molecule has 0 saturated heterocycles. The first-order valence-electron chi connectivity index (χ1n) is 5.12. The summed E-state index contributed by atoms with van der Waals surface area (Å²) in [5.74, 6) is -2.73. The van der Waals surface area contributed by atoms with E-state index in [0.717, 1.165) is 0 Å². The van der Waals surface area contributed by atoms with E-state index >= 15 is 0 Å². The van der Waals surface area contributed by atoms with Gasteiger partial charge in [-0.15, -0.1) is 0 Å². The molecule has 1 nitrogen and oxygen atoms in total. The third kappa shape index (κ3) is 0.750. The summed E-state index contributed by atoms with van der Waals surface area (Å²) in [5.41, 5.74) is -1.37. The summed E-state index contributed by atoms with van der Waals surface area (Å²) in [6, 6.07) is 8.92. The second-order valence-electron chi connectivity index (χ2n) is 4.81. The molecule has 0 aromatic heterocycles. The molecule has 1 aromatic carbocycles. The molecule has 3 fully saturated rings. The summed E-state index contributed by atoms with van der Waals surface area (Å²) < 4.78 is 27.6. The van der Waals surface area contributed by atoms with Gasteiger partial charge in [0.05, 0.1) is 17.4 Å². The number of hydrogen-bond acceptors (Lipinski definition) is 1. The highest BCUT2D eigenvalue weighted by Crippen LogP contribution is 2.81. The second-order valence-corrected chi connectivity index (χ2v) is 4.81. The Morgan fingerprint density at radius 2 is 1.73 bits per heavy atom. The zero-order valence-corrected chi connectivity index (χ0v) is 8.21. The van der Waals surface area contributed by atoms with Gasteiger partial charge in [0.15, 0.2) is 0 Å². The minimum atomic E-state index is -2.73. The third-order valence-electron chi connectivity index (χ3n) is 4.18. The van der Waals surface area contributed by atoms with Crippen LogP contribution in [0.2, 0.25) is 0 Å². The SMILES string of the molecule is OCC12CC(c3ccccc3)(C1)C2(F)F. The third-order valence-corrected chi connectivity index (χ3v) is 4.18. The molecule has 0 aliphatic heterocycles. The Balaban J connectivity index is 1.99. The molecule has 0 radical (unpaired) electrons. The molecule has 3 aliphatic rings. The fourth-order valence-electron chi connectivity index (χ4n) is 3.20. The van der Waals surface area contributed by atoms with Crippen molar-refractivity contribution in [2.45, 2.75) is 24.2 Å². The lowest BCUT2D eigenvalue weighted by molar-refractivity contribution is -0.379. The molecule has 15 heavy (non-hydrogen) atoms. The van der Waals surface area contributed by atoms with E-state index in [4.69, 9.17) is 5.11 Å². The van der Waals surface area contributed by atoms with E-state index < -0.39 is 23.4 Å². The van der Waals surface area contributed by atoms with Gasteiger partial charge in [-0.05, 0) is 18.4 Å². The molecule has 4 rings (SSSR count). The maximum atomic E-state index is 13.8. The van der Waals surface area contributed by atoms with Crippen molar-refractivity contribution in [2.75, 3.05) is 6.61 Å². The Labute approximate surface area is 86.7 Å². The van der Waals surface area contributed by atoms with Crippen LogP contribution in [0.4, 0.5) is 8.78 Å². The quantitative estimate of drug-likeness (QED) is 0.794. The number of benzene rings is 1. The smallest absolute Gasteiger partial charge is 0.265 e. The number of halogens is 2. The van der Waals surface area contributed by atoms with Gasteiger partial charge in [-0.2, -0.15) is 0 Å². The summed E-state index contributed by atoms with van der Waals surface area (Å²) in [6.45, 7) is -0.394. The number of aliphatic hydroxyl groups is 1. The van der Waals surface area contributed by atoms with Gasteiger partial charge >= 0.3 is 0 Å². The lowest BCUT2D eigenvalue weighted by Gasteiger charge is -2.75. The van der Waals surface area contributed by atoms with Crippen LogP contribution in [-0.4, -0.2) is 17.6 Å². The van der Waals surface area contributed by atoms with Gasteiger partial charge < -0.3 is 5.11 Å². The molecule has 3 aliphatic carbocycles. The van der Waals surface area contributed by atoms with Crippen LogP contribution in [0.25, 0.3) is 0 Å². The molecule has 0 amide bonds. The predicted octanol–water partition coefficient (Wildman–Crippen LogP) is 2.35. The molecule has 80 valence electrons. The molecular formula is C12H12F2O. The largest absolute Gasteiger partial charge is 0.396 e. The van der Waals surface area contributed by atoms with E-state index in [1.807, 2.05) is 6.07 Å². The lowest BCUT2D eigenvalue weighted by atomic mass is 9.31. The summed E-state index contributed by atoms with van der Waals surface area (Å²) >= 11 is 0. The van der Waals surface area contributed by atoms with E-state index in [-0.39, 0.29) is 0 Å². The monoisotopic (exact) mass is 210 g/mol. The summed E-state index contributed by atoms with van der Waals surface area (Å²) in [4.78, 5) is 0. The van der Waals surface area contributed by atoms with Crippen LogP contribution >= 0.6 is 0 Å². The van der Waals surface area contributed by atoms with Crippen LogP contribution < -0.4 is 0 Å². The van der Waals surface area contributed by atoms with Crippen molar-refractivity contribution in [1.82, 2.24) is 0 Å². The Morgan fingerprint density at radius 3 is 2.20 bits per heavy atom. The first-order chi connectivity index (χ1) is 7.08. The van der Waals surface area contributed by atoms with Crippen molar-refractivity contribution in [1.29, 1.82) is 0 Å². The topological polar surface area (TPSA) is 20.2 Å². The number of rotatable bonds is 2. The van der Waals surface area contributed by atoms with Gasteiger partial charge in [-0.25, -0.2) is 8.78 Å². The normalized spacial score (nSPS) is 40.5. The van der Waals surface area contributed by atoms with Crippen molar-refractivity contribution >= 4 is 0 Å². The van der Waals surface area contributed by atoms with Gasteiger partial charge in [0.2, 0.25) is 0 Å². The highest BCUT2D eigenvalue weighted by atomic mass is 19.3. The van der Waals surface area contributed by atoms with Gasteiger partial charge in [-0.1, -0.05) is 30.3 Å². The minimum absolute atomic E-state index is 0.394. The number of hydrogen-bond donors (Lipinski definition) is 1. The van der Waals surface area contributed by atoms with Crippen molar-refractivity contribution in [3.05, 3.63) is 35.9 Å². The summed E-state index contributed by atoms with van der Waals surface area (Å²) in [7, 11) is 0. The van der Waals surface area contributed by atoms with Crippen LogP contribution in [0.15, 0.2) is 30.3 Å². The summed E-state index contributed by atoms with van der Waals surface area (Å²) in [6.07, 6.45) is 0.848. The molecular weight excluding hydrogens is 198 g/mol. The molecule has 0 spiro atoms. The fraction of sp³-hybridized carbons (Fsp3) is 0.500. The Bertz CT molecular complexity index is 393. The van der Waals surface area contributed by atoms with E-state index in [2.05, 4.69) is 0 Å². The number of aliphatic hydroxyl groups excluding tert-OH is 1. The van der Waals surface area contributed by atoms with Crippen LogP contribution in [0.3, 0.4) is 0 Å². The molecule has 0 heterocycles. The standard InChI is InChI=1S/C12H12F2O/c13-12(14)10(8-15)6-11(12,7-10)9-4-2-1-3-5-9/h1-5,15H,6-8H2. The molecule has 1 aromatic rings. The molecule has 1 N–H and O–H groups in total. The Morgan fingerprint density at radius 1 is 1.13 bits per heavy atom. The lowest BCUT2D eigenvalue weighted by Crippen LogP contribution is -2.82. The predicted molar refractivity (Wildman–Crippen MR) is 51.8 cm³/mol. The molecule has 3 saturated carbocycles. The van der Waals surface area contributed by atoms with Crippen molar-refractivity contribution < 1.29 is 13.9 Å². The molecule has 0 atom stereocenters. The van der Waals surface area contributed by atoms with Crippen molar-refractivity contribution in [2.24, 2.45) is 5.41 Å². The minimum Gasteiger partial charge on any atom is -0.396 e. The summed E-state index contributed by atoms with van der Waals surface area (Å²) in [5, 5.41) is 9.00. The van der Waals surface area contributed by atoms with Crippen molar-refractivity contribution in [3.8, 4) is 0 Å². The number of alkyl halides is 2. The average Bonchev–Trinajstić information content (AvgIpc) is 2.18. The fourth-order valence-corrected chi connectivity index (χ4v) is 3.20. The van der Waals surface area contributed by atoms with Gasteiger partial charge in [0.25, 0.3) is 5.92 Å². The van der Waals surface area contributed by atoms with Crippen LogP contribution in [0.1, 0.15) is 18.4 Å². The van der Waals surface area contributed by atoms with Crippen LogP contribution in [0.5, 0.6) is 0 Å². The van der Waals surface area contributed by atoms with Gasteiger partial charge in [0, 0.05) is 0 Å². The molecule has 0 unspecified atom stereocenters. The second kappa shape index (κ2) is 2.40. The van der Waals surface area contributed by atoms with E-state index in [0.29, 0.717) is 18.4 Å². The zero-order chi connectivity index (χ0) is 10.7. The van der Waals surface area contributed by atoms with Gasteiger partial charge in [0.1, 0.15) is 0 Å². The molecule has 3 heteroatoms. The highest BCUT2D eigenvalue weighted by Gasteiger charge is 2.88. The Hall–Kier alpha value is -0.960. The van der Waals surface area contributed by atoms with E-state index in [1.165, 1.54) is 0 Å². The van der Waals surface area contributed by atoms with E-state index in [1.54, 1.807) is 24.3 Å². The highest BCUT2D eigenvalue weighted by molar-refractivity contribution is 5.45. The maximum Gasteiger partial charge on any atom is 0.265 e. The van der Waals surface area contributed by atoms with E-state index in [9.17, 15) is 8.78 Å². The first-order valence-corrected chi connectivity index (χ1v) is 5.12. The Kier molecular flexibility index (Phi) is 1.49. The van der Waals surface area contributed by atoms with Gasteiger partial charge in [-0.3, -0.25) is 0 Å². The average molecular weight is 210 g/mol. The maximum absolute atomic E-state index is 13.8. The van der Waals surface area contributed by atoms with Crippen molar-refractivity contribution in [3.63, 3.8) is 0 Å². The zero-order valence-electron chi connectivity index (χ0n) is 8.21.